The minimum atomic E-state index is -0.752. The third kappa shape index (κ3) is 3.05. The fourth-order valence-electron chi connectivity index (χ4n) is 3.13. The lowest BCUT2D eigenvalue weighted by Crippen LogP contribution is -2.40. The number of carbonyl (C=O) groups is 1. The fraction of sp³-hybridized carbons (Fsp3) is 0.588. The van der Waals surface area contributed by atoms with Crippen molar-refractivity contribution in [1.82, 2.24) is 0 Å². The number of hydrogen-bond donors (Lipinski definition) is 0. The first kappa shape index (κ1) is 15.8. The summed E-state index contributed by atoms with van der Waals surface area (Å²) >= 11 is 0. The zero-order valence-electron chi connectivity index (χ0n) is 13.1. The third-order valence-electron chi connectivity index (χ3n) is 4.37. The van der Waals surface area contributed by atoms with Crippen LogP contribution in [-0.4, -0.2) is 32.7 Å². The molecule has 0 bridgehead atoms. The Kier molecular flexibility index (Phi) is 5.23. The number of carbonyl (C=O) groups excluding carboxylic acids is 1. The van der Waals surface area contributed by atoms with Gasteiger partial charge in [0.05, 0.1) is 14.2 Å². The molecule has 0 saturated heterocycles. The molecule has 4 nitrogen and oxygen atoms in total. The summed E-state index contributed by atoms with van der Waals surface area (Å²) in [5, 5.41) is 0. The van der Waals surface area contributed by atoms with E-state index in [1.165, 1.54) is 0 Å². The van der Waals surface area contributed by atoms with Gasteiger partial charge in [0.1, 0.15) is 22.7 Å². The van der Waals surface area contributed by atoms with Gasteiger partial charge in [0, 0.05) is 7.11 Å². The largest absolute Gasteiger partial charge is 0.496 e. The zero-order chi connectivity index (χ0) is 15.3. The number of Topliss-reactive ketones (excluding diaryl/α,β-unsaturated/α-hetero) is 1. The lowest BCUT2D eigenvalue weighted by molar-refractivity contribution is -0.00731. The number of ether oxygens (including phenoxy) is 3. The molecule has 1 aliphatic rings. The summed E-state index contributed by atoms with van der Waals surface area (Å²) in [4.78, 5) is 13.2. The van der Waals surface area contributed by atoms with Crippen LogP contribution in [-0.2, 0) is 4.74 Å². The molecule has 0 amide bonds. The average Bonchev–Trinajstić information content (AvgIpc) is 2.79. The Hall–Kier alpha value is -1.55. The molecule has 0 aliphatic heterocycles. The second-order valence-corrected chi connectivity index (χ2v) is 5.48. The van der Waals surface area contributed by atoms with E-state index in [-0.39, 0.29) is 5.78 Å². The summed E-state index contributed by atoms with van der Waals surface area (Å²) in [7, 11) is 4.77. The topological polar surface area (TPSA) is 44.8 Å². The van der Waals surface area contributed by atoms with Crippen LogP contribution in [0.1, 0.15) is 48.9 Å². The molecule has 0 atom stereocenters. The highest BCUT2D eigenvalue weighted by Gasteiger charge is 2.41. The smallest absolute Gasteiger partial charge is 0.202 e. The van der Waals surface area contributed by atoms with Crippen molar-refractivity contribution in [3.63, 3.8) is 0 Å². The Labute approximate surface area is 126 Å². The molecule has 1 saturated carbocycles. The maximum atomic E-state index is 13.2. The molecule has 1 aliphatic carbocycles. The number of hydrogen-bond acceptors (Lipinski definition) is 4. The number of benzene rings is 1. The summed E-state index contributed by atoms with van der Waals surface area (Å²) in [5.41, 5.74) is -0.260. The molecule has 1 aromatic carbocycles. The van der Waals surface area contributed by atoms with Crippen molar-refractivity contribution in [3.8, 4) is 11.5 Å². The van der Waals surface area contributed by atoms with Crippen LogP contribution in [0.5, 0.6) is 11.5 Å². The standard InChI is InChI=1S/C17H24O4/c1-19-13-9-8-10-14(20-2)15(13)16(18)17(21-3)11-6-4-5-7-12-17/h8-10H,4-7,11-12H2,1-3H3. The van der Waals surface area contributed by atoms with E-state index in [1.807, 2.05) is 6.07 Å². The second-order valence-electron chi connectivity index (χ2n) is 5.48. The highest BCUT2D eigenvalue weighted by molar-refractivity contribution is 6.06. The molecule has 1 fully saturated rings. The summed E-state index contributed by atoms with van der Waals surface area (Å²) in [5.74, 6) is 1.06. The van der Waals surface area contributed by atoms with Crippen LogP contribution in [0.2, 0.25) is 0 Å². The molecular formula is C17H24O4. The molecule has 0 aromatic heterocycles. The molecule has 4 heteroatoms. The van der Waals surface area contributed by atoms with E-state index in [4.69, 9.17) is 14.2 Å². The Morgan fingerprint density at radius 1 is 0.952 bits per heavy atom. The molecule has 116 valence electrons. The highest BCUT2D eigenvalue weighted by atomic mass is 16.5. The Morgan fingerprint density at radius 3 is 1.90 bits per heavy atom. The van der Waals surface area contributed by atoms with Gasteiger partial charge in [0.15, 0.2) is 0 Å². The quantitative estimate of drug-likeness (QED) is 0.614. The maximum absolute atomic E-state index is 13.2. The molecule has 0 heterocycles. The molecule has 0 spiro atoms. The van der Waals surface area contributed by atoms with Crippen molar-refractivity contribution in [2.45, 2.75) is 44.1 Å². The lowest BCUT2D eigenvalue weighted by atomic mass is 9.85. The van der Waals surface area contributed by atoms with Gasteiger partial charge in [0.25, 0.3) is 0 Å². The van der Waals surface area contributed by atoms with Gasteiger partial charge in [-0.1, -0.05) is 31.7 Å². The van der Waals surface area contributed by atoms with Gasteiger partial charge in [-0.3, -0.25) is 4.79 Å². The van der Waals surface area contributed by atoms with Crippen molar-refractivity contribution in [1.29, 1.82) is 0 Å². The molecule has 0 radical (unpaired) electrons. The summed E-state index contributed by atoms with van der Waals surface area (Å²) in [6, 6.07) is 5.40. The van der Waals surface area contributed by atoms with Crippen LogP contribution in [0.15, 0.2) is 18.2 Å². The first-order chi connectivity index (χ1) is 10.2. The number of methoxy groups -OCH3 is 3. The van der Waals surface area contributed by atoms with E-state index in [1.54, 1.807) is 33.5 Å². The minimum absolute atomic E-state index is 0.0267. The maximum Gasteiger partial charge on any atom is 0.202 e. The van der Waals surface area contributed by atoms with Crippen LogP contribution in [0.3, 0.4) is 0 Å². The van der Waals surface area contributed by atoms with Crippen molar-refractivity contribution in [2.24, 2.45) is 0 Å². The van der Waals surface area contributed by atoms with E-state index in [0.29, 0.717) is 17.1 Å². The van der Waals surface area contributed by atoms with Crippen LogP contribution < -0.4 is 9.47 Å². The zero-order valence-corrected chi connectivity index (χ0v) is 13.1. The fourth-order valence-corrected chi connectivity index (χ4v) is 3.13. The van der Waals surface area contributed by atoms with Crippen molar-refractivity contribution >= 4 is 5.78 Å². The van der Waals surface area contributed by atoms with Crippen LogP contribution in [0.25, 0.3) is 0 Å². The SMILES string of the molecule is COc1cccc(OC)c1C(=O)C1(OC)CCCCCC1. The molecular weight excluding hydrogens is 268 g/mol. The van der Waals surface area contributed by atoms with E-state index >= 15 is 0 Å². The average molecular weight is 292 g/mol. The Balaban J connectivity index is 2.46. The Bertz CT molecular complexity index is 465. The van der Waals surface area contributed by atoms with Gasteiger partial charge in [-0.2, -0.15) is 0 Å². The summed E-state index contributed by atoms with van der Waals surface area (Å²) in [6.45, 7) is 0. The molecule has 0 N–H and O–H groups in total. The molecule has 2 rings (SSSR count). The van der Waals surface area contributed by atoms with E-state index in [0.717, 1.165) is 38.5 Å². The van der Waals surface area contributed by atoms with Crippen molar-refractivity contribution < 1.29 is 19.0 Å². The third-order valence-corrected chi connectivity index (χ3v) is 4.37. The van der Waals surface area contributed by atoms with E-state index in [2.05, 4.69) is 0 Å². The second kappa shape index (κ2) is 6.94. The highest BCUT2D eigenvalue weighted by Crippen LogP contribution is 2.38. The number of rotatable bonds is 5. The first-order valence-electron chi connectivity index (χ1n) is 7.49. The van der Waals surface area contributed by atoms with Gasteiger partial charge in [-0.15, -0.1) is 0 Å². The molecule has 21 heavy (non-hydrogen) atoms. The number of ketones is 1. The predicted molar refractivity (Wildman–Crippen MR) is 81.3 cm³/mol. The normalized spacial score (nSPS) is 17.9. The first-order valence-corrected chi connectivity index (χ1v) is 7.49. The van der Waals surface area contributed by atoms with Gasteiger partial charge in [-0.25, -0.2) is 0 Å². The van der Waals surface area contributed by atoms with Gasteiger partial charge >= 0.3 is 0 Å². The van der Waals surface area contributed by atoms with Gasteiger partial charge in [0.2, 0.25) is 5.78 Å². The monoisotopic (exact) mass is 292 g/mol. The van der Waals surface area contributed by atoms with Gasteiger partial charge in [-0.05, 0) is 25.0 Å². The molecule has 0 unspecified atom stereocenters. The minimum Gasteiger partial charge on any atom is -0.496 e. The molecule has 1 aromatic rings. The van der Waals surface area contributed by atoms with Crippen molar-refractivity contribution in [2.75, 3.05) is 21.3 Å². The van der Waals surface area contributed by atoms with Gasteiger partial charge < -0.3 is 14.2 Å². The summed E-state index contributed by atoms with van der Waals surface area (Å²) in [6.07, 6.45) is 5.84. The van der Waals surface area contributed by atoms with Crippen molar-refractivity contribution in [3.05, 3.63) is 23.8 Å². The van der Waals surface area contributed by atoms with Crippen LogP contribution in [0, 0.1) is 0 Å². The van der Waals surface area contributed by atoms with E-state index < -0.39 is 5.60 Å². The van der Waals surface area contributed by atoms with Crippen LogP contribution >= 0.6 is 0 Å². The summed E-state index contributed by atoms with van der Waals surface area (Å²) < 4.78 is 16.4. The van der Waals surface area contributed by atoms with E-state index in [9.17, 15) is 4.79 Å². The lowest BCUT2D eigenvalue weighted by Gasteiger charge is -2.30. The predicted octanol–water partition coefficient (Wildman–Crippen LogP) is 3.63. The van der Waals surface area contributed by atoms with Crippen LogP contribution in [0.4, 0.5) is 0 Å². The Morgan fingerprint density at radius 2 is 1.48 bits per heavy atom.